The van der Waals surface area contributed by atoms with Crippen LogP contribution in [0.4, 0.5) is 56.9 Å². The molecule has 112 heavy (non-hydrogen) atoms. The zero-order valence-electron chi connectivity index (χ0n) is 61.1. The first kappa shape index (κ1) is 67.3. The minimum absolute atomic E-state index is 0.805. The van der Waals surface area contributed by atoms with Crippen molar-refractivity contribution in [2.24, 2.45) is 0 Å². The maximum atomic E-state index is 6.58. The van der Waals surface area contributed by atoms with Crippen molar-refractivity contribution in [2.75, 3.05) is 19.6 Å². The summed E-state index contributed by atoms with van der Waals surface area (Å²) in [4.78, 5) is 14.6. The second kappa shape index (κ2) is 29.5. The maximum absolute atomic E-state index is 6.58. The quantitative estimate of drug-likeness (QED) is 0.0803. The molecule has 0 saturated heterocycles. The van der Waals surface area contributed by atoms with E-state index < -0.39 is 0 Å². The molecule has 0 saturated carbocycles. The minimum atomic E-state index is 0.805. The van der Waals surface area contributed by atoms with Crippen molar-refractivity contribution < 1.29 is 8.83 Å². The Kier molecular flexibility index (Phi) is 17.7. The Morgan fingerprint density at radius 3 is 0.777 bits per heavy atom. The van der Waals surface area contributed by atoms with Gasteiger partial charge >= 0.3 is 0 Å². The second-order valence-corrected chi connectivity index (χ2v) is 30.4. The van der Waals surface area contributed by atoms with E-state index in [1.165, 1.54) is 53.2 Å². The lowest BCUT2D eigenvalue weighted by Crippen LogP contribution is -2.22. The summed E-state index contributed by atoms with van der Waals surface area (Å²) in [6.45, 7) is 0. The van der Waals surface area contributed by atoms with Gasteiger partial charge in [0.25, 0.3) is 0 Å². The van der Waals surface area contributed by atoms with Crippen molar-refractivity contribution in [1.29, 1.82) is 0 Å². The number of para-hydroxylation sites is 6. The number of allylic oxidation sites excluding steroid dienone is 4. The summed E-state index contributed by atoms with van der Waals surface area (Å²) in [5, 5.41) is 4.46. The topological polar surface area (TPSA) is 39.2 Å². The van der Waals surface area contributed by atoms with E-state index in [2.05, 4.69) is 414 Å². The first-order chi connectivity index (χ1) is 55.5. The fourth-order valence-electron chi connectivity index (χ4n) is 15.9. The minimum Gasteiger partial charge on any atom is -0.455 e. The van der Waals surface area contributed by atoms with Gasteiger partial charge in [0.05, 0.1) is 0 Å². The Balaban J connectivity index is 0.632. The Morgan fingerprint density at radius 1 is 0.188 bits per heavy atom. The summed E-state index contributed by atoms with van der Waals surface area (Å²) in [6.07, 6.45) is 6.28. The number of nitrogens with zero attached hydrogens (tertiary/aromatic N) is 4. The van der Waals surface area contributed by atoms with Gasteiger partial charge < -0.3 is 28.4 Å². The van der Waals surface area contributed by atoms with Crippen molar-refractivity contribution in [3.05, 3.63) is 424 Å². The molecule has 0 N–H and O–H groups in total. The van der Waals surface area contributed by atoms with Crippen LogP contribution in [0.3, 0.4) is 0 Å². The lowest BCUT2D eigenvalue weighted by atomic mass is 10.00. The predicted octanol–water partition coefficient (Wildman–Crippen LogP) is 30.8. The molecule has 4 heterocycles. The summed E-state index contributed by atoms with van der Waals surface area (Å²) in [5.74, 6) is 0. The third kappa shape index (κ3) is 13.0. The van der Waals surface area contributed by atoms with Crippen LogP contribution in [0.1, 0.15) is 12.8 Å². The molecule has 15 aromatic carbocycles. The highest BCUT2D eigenvalue weighted by atomic mass is 32.1. The second-order valence-electron chi connectivity index (χ2n) is 28.2. The maximum Gasteiger partial charge on any atom is 0.143 e. The molecule has 532 valence electrons. The van der Waals surface area contributed by atoms with Gasteiger partial charge in [-0.1, -0.05) is 243 Å². The van der Waals surface area contributed by atoms with E-state index >= 15 is 0 Å². The number of benzene rings is 15. The predicted molar refractivity (Wildman–Crippen MR) is 473 cm³/mol. The van der Waals surface area contributed by atoms with Crippen molar-refractivity contribution in [2.45, 2.75) is 12.8 Å². The summed E-state index contributed by atoms with van der Waals surface area (Å²) in [7, 11) is 0. The van der Waals surface area contributed by atoms with Gasteiger partial charge in [0, 0.05) is 120 Å². The van der Waals surface area contributed by atoms with Gasteiger partial charge in [0.1, 0.15) is 22.3 Å². The van der Waals surface area contributed by atoms with Gasteiger partial charge in [-0.25, -0.2) is 0 Å². The lowest BCUT2D eigenvalue weighted by molar-refractivity contribution is 0.669. The Hall–Kier alpha value is -14.0. The normalized spacial score (nSPS) is 12.1. The molecule has 0 amide bonds. The molecule has 6 nitrogen and oxygen atoms in total. The SMILES string of the molecule is C1=C(N(c2ccccc2)c2ccc(-c3ccc(-c4ccccc4)s3)cc2)CCC(N(c2ccc(-c3ccc(N(c4ccc(-c5cccc6c5oc5ccccc56)cc4)c4ccc(N(c5ccccc5)c5ccc(-c6ccc(-c7ccccc7)s6)cc5)cc4)cc3)cc2)c2ccc(-c3cccc4c3oc3ccccc34)cc2)=C1. The van der Waals surface area contributed by atoms with Gasteiger partial charge in [-0.2, -0.15) is 0 Å². The molecule has 0 unspecified atom stereocenters. The molecule has 0 bridgehead atoms. The molecule has 0 fully saturated rings. The third-order valence-electron chi connectivity index (χ3n) is 21.5. The van der Waals surface area contributed by atoms with E-state index in [-0.39, 0.29) is 0 Å². The van der Waals surface area contributed by atoms with Crippen molar-refractivity contribution >= 4 is 123 Å². The van der Waals surface area contributed by atoms with Crippen LogP contribution in [-0.4, -0.2) is 0 Å². The van der Waals surface area contributed by atoms with Crippen molar-refractivity contribution in [1.82, 2.24) is 0 Å². The Labute approximate surface area is 659 Å². The largest absolute Gasteiger partial charge is 0.455 e. The average molecular weight is 1470 g/mol. The smallest absolute Gasteiger partial charge is 0.143 e. The van der Waals surface area contributed by atoms with Crippen LogP contribution in [0, 0.1) is 0 Å². The highest BCUT2D eigenvalue weighted by molar-refractivity contribution is 7.19. The lowest BCUT2D eigenvalue weighted by Gasteiger charge is -2.33. The summed E-state index contributed by atoms with van der Waals surface area (Å²) in [5.41, 5.74) is 28.0. The third-order valence-corrected chi connectivity index (χ3v) is 23.9. The number of hydrogen-bond donors (Lipinski definition) is 0. The number of thiophene rings is 2. The first-order valence-electron chi connectivity index (χ1n) is 38.0. The van der Waals surface area contributed by atoms with Gasteiger partial charge in [-0.05, 0) is 227 Å². The van der Waals surface area contributed by atoms with E-state index in [4.69, 9.17) is 8.83 Å². The Morgan fingerprint density at radius 2 is 0.438 bits per heavy atom. The fraction of sp³-hybridized carbons (Fsp3) is 0.0192. The van der Waals surface area contributed by atoms with Crippen LogP contribution in [-0.2, 0) is 0 Å². The number of hydrogen-bond acceptors (Lipinski definition) is 8. The molecule has 0 spiro atoms. The van der Waals surface area contributed by atoms with Crippen LogP contribution in [0.15, 0.2) is 433 Å². The van der Waals surface area contributed by atoms with Gasteiger partial charge in [-0.15, -0.1) is 22.7 Å². The van der Waals surface area contributed by atoms with Crippen LogP contribution >= 0.6 is 22.7 Å². The van der Waals surface area contributed by atoms with E-state index in [1.807, 2.05) is 40.9 Å². The molecular formula is C104H72N4O2S2. The zero-order chi connectivity index (χ0) is 74.3. The average Bonchev–Trinajstić information content (AvgIpc) is 1.50. The van der Waals surface area contributed by atoms with E-state index in [9.17, 15) is 0 Å². The summed E-state index contributed by atoms with van der Waals surface area (Å²) >= 11 is 3.65. The molecule has 20 rings (SSSR count). The van der Waals surface area contributed by atoms with Crippen LogP contribution in [0.25, 0.3) is 119 Å². The number of furan rings is 2. The highest BCUT2D eigenvalue weighted by Gasteiger charge is 2.25. The molecule has 1 aliphatic rings. The zero-order valence-corrected chi connectivity index (χ0v) is 62.7. The number of rotatable bonds is 19. The molecule has 4 aromatic heterocycles. The number of fused-ring (bicyclic) bond motifs is 6. The first-order valence-corrected chi connectivity index (χ1v) is 39.7. The molecule has 19 aromatic rings. The summed E-state index contributed by atoms with van der Waals surface area (Å²) < 4.78 is 13.2. The monoisotopic (exact) mass is 1470 g/mol. The van der Waals surface area contributed by atoms with Crippen LogP contribution in [0.5, 0.6) is 0 Å². The highest BCUT2D eigenvalue weighted by Crippen LogP contribution is 2.47. The molecule has 0 atom stereocenters. The molecule has 1 aliphatic carbocycles. The van der Waals surface area contributed by atoms with Crippen LogP contribution in [0.2, 0.25) is 0 Å². The van der Waals surface area contributed by atoms with E-state index in [0.29, 0.717) is 0 Å². The van der Waals surface area contributed by atoms with Gasteiger partial charge in [0.2, 0.25) is 0 Å². The molecular weight excluding hydrogens is 1400 g/mol. The van der Waals surface area contributed by atoms with Gasteiger partial charge in [0.15, 0.2) is 0 Å². The van der Waals surface area contributed by atoms with E-state index in [0.717, 1.165) is 147 Å². The molecule has 0 radical (unpaired) electrons. The van der Waals surface area contributed by atoms with Crippen molar-refractivity contribution in [3.63, 3.8) is 0 Å². The molecule has 0 aliphatic heterocycles. The van der Waals surface area contributed by atoms with Crippen LogP contribution < -0.4 is 19.6 Å². The Bertz CT molecular complexity index is 6630. The van der Waals surface area contributed by atoms with Gasteiger partial charge in [-0.3, -0.25) is 0 Å². The number of anilines is 10. The fourth-order valence-corrected chi connectivity index (χ4v) is 18.0. The summed E-state index contributed by atoms with van der Waals surface area (Å²) in [6, 6.07) is 144. The molecule has 8 heteroatoms. The van der Waals surface area contributed by atoms with Crippen molar-refractivity contribution in [3.8, 4) is 75.1 Å². The standard InChI is InChI=1S/C104H72N4O2S2/c1-5-19-75(20-6-1)99-67-69-101(111-99)77-43-55-85(56-44-77)105(79-23-9-3-10-24-79)87-59-63-89(64-60-87)107(83-51-39-73(40-52-83)91-29-17-31-95-93-27-13-15-33-97(93)109-103(91)95)81-47-35-71(36-48-81)72-37-49-82(50-38-72)108(84-53-41-74(42-54-84)92-30-18-32-96-94-28-14-16-34-98(94)110-104(92)96)90-65-61-88(62-66-90)106(80-25-11-4-12-26-80)86-57-45-78(46-58-86)102-70-68-100(112-102)76-21-7-2-8-22-76/h1-61,63-65,67-70H,62,66H2. The van der Waals surface area contributed by atoms with E-state index in [1.54, 1.807) is 0 Å².